The van der Waals surface area contributed by atoms with Crippen molar-refractivity contribution in [2.45, 2.75) is 51.5 Å². The predicted molar refractivity (Wildman–Crippen MR) is 84.1 cm³/mol. The van der Waals surface area contributed by atoms with Crippen molar-refractivity contribution in [1.29, 1.82) is 0 Å². The largest absolute Gasteiger partial charge is 0.325 e. The molecule has 0 saturated carbocycles. The Labute approximate surface area is 125 Å². The van der Waals surface area contributed by atoms with Crippen LogP contribution in [0.3, 0.4) is 0 Å². The van der Waals surface area contributed by atoms with Gasteiger partial charge in [-0.3, -0.25) is 0 Å². The molecule has 1 saturated heterocycles. The van der Waals surface area contributed by atoms with Crippen LogP contribution in [0.25, 0.3) is 11.0 Å². The van der Waals surface area contributed by atoms with Gasteiger partial charge in [0.2, 0.25) is 0 Å². The van der Waals surface area contributed by atoms with Gasteiger partial charge in [0.15, 0.2) is 5.82 Å². The number of imidazole rings is 1. The zero-order chi connectivity index (χ0) is 15.0. The van der Waals surface area contributed by atoms with E-state index in [4.69, 9.17) is 4.98 Å². The van der Waals surface area contributed by atoms with Crippen LogP contribution in [-0.4, -0.2) is 22.6 Å². The molecule has 3 rings (SSSR count). The Hall–Kier alpha value is -1.42. The Morgan fingerprint density at radius 1 is 1.33 bits per heavy atom. The molecule has 1 N–H and O–H groups in total. The van der Waals surface area contributed by atoms with Gasteiger partial charge in [-0.05, 0) is 58.3 Å². The van der Waals surface area contributed by atoms with Crippen molar-refractivity contribution in [2.75, 3.05) is 13.1 Å². The second-order valence-corrected chi connectivity index (χ2v) is 6.39. The van der Waals surface area contributed by atoms with Gasteiger partial charge in [0.05, 0.1) is 5.52 Å². The zero-order valence-electron chi connectivity index (χ0n) is 13.1. The lowest BCUT2D eigenvalue weighted by molar-refractivity contribution is 0.271. The number of aromatic nitrogens is 2. The highest BCUT2D eigenvalue weighted by Crippen LogP contribution is 2.39. The number of hydrogen-bond acceptors (Lipinski definition) is 2. The normalized spacial score (nSPS) is 18.5. The number of hydrogen-bond donors (Lipinski definition) is 1. The molecule has 2 heterocycles. The van der Waals surface area contributed by atoms with E-state index in [1.165, 1.54) is 6.07 Å². The first-order valence-electron chi connectivity index (χ1n) is 7.97. The topological polar surface area (TPSA) is 29.9 Å². The van der Waals surface area contributed by atoms with Crippen molar-refractivity contribution in [2.24, 2.45) is 0 Å². The number of halogens is 1. The van der Waals surface area contributed by atoms with E-state index < -0.39 is 0 Å². The van der Waals surface area contributed by atoms with Crippen molar-refractivity contribution in [3.63, 3.8) is 0 Å². The summed E-state index contributed by atoms with van der Waals surface area (Å²) in [6.45, 7) is 8.56. The van der Waals surface area contributed by atoms with E-state index in [2.05, 4.69) is 30.7 Å². The maximum Gasteiger partial charge on any atom is 0.151 e. The maximum absolute atomic E-state index is 14.2. The number of piperidine rings is 1. The van der Waals surface area contributed by atoms with Crippen LogP contribution in [0.2, 0.25) is 0 Å². The van der Waals surface area contributed by atoms with Gasteiger partial charge in [-0.15, -0.1) is 0 Å². The molecule has 114 valence electrons. The summed E-state index contributed by atoms with van der Waals surface area (Å²) >= 11 is 0. The molecule has 0 amide bonds. The minimum Gasteiger partial charge on any atom is -0.325 e. The number of fused-ring (bicyclic) bond motifs is 1. The van der Waals surface area contributed by atoms with Crippen molar-refractivity contribution < 1.29 is 4.39 Å². The Balaban J connectivity index is 2.25. The third-order valence-electron chi connectivity index (χ3n) is 4.90. The second kappa shape index (κ2) is 5.41. The molecule has 0 spiro atoms. The van der Waals surface area contributed by atoms with Crippen molar-refractivity contribution >= 4 is 11.0 Å². The minimum absolute atomic E-state index is 0.0704. The Kier molecular flexibility index (Phi) is 3.74. The Bertz CT molecular complexity index is 639. The molecule has 1 aromatic carbocycles. The molecular formula is C17H24FN3. The number of nitrogens with one attached hydrogen (secondary N) is 1. The molecule has 0 bridgehead atoms. The highest BCUT2D eigenvalue weighted by molar-refractivity contribution is 5.77. The van der Waals surface area contributed by atoms with Crippen LogP contribution in [0.5, 0.6) is 0 Å². The van der Waals surface area contributed by atoms with Crippen LogP contribution >= 0.6 is 0 Å². The minimum atomic E-state index is -0.215. The summed E-state index contributed by atoms with van der Waals surface area (Å²) in [5.41, 5.74) is 1.51. The fraction of sp³-hybridized carbons (Fsp3) is 0.588. The van der Waals surface area contributed by atoms with Crippen molar-refractivity contribution in [1.82, 2.24) is 14.9 Å². The highest BCUT2D eigenvalue weighted by Gasteiger charge is 2.37. The van der Waals surface area contributed by atoms with Crippen LogP contribution in [0.1, 0.15) is 51.9 Å². The third-order valence-corrected chi connectivity index (χ3v) is 4.90. The van der Waals surface area contributed by atoms with Gasteiger partial charge in [0.1, 0.15) is 11.3 Å². The molecule has 0 unspecified atom stereocenters. The highest BCUT2D eigenvalue weighted by atomic mass is 19.1. The van der Waals surface area contributed by atoms with Crippen LogP contribution in [-0.2, 0) is 5.41 Å². The van der Waals surface area contributed by atoms with Crippen molar-refractivity contribution in [3.8, 4) is 0 Å². The summed E-state index contributed by atoms with van der Waals surface area (Å²) in [7, 11) is 0. The van der Waals surface area contributed by atoms with Crippen molar-refractivity contribution in [3.05, 3.63) is 29.8 Å². The van der Waals surface area contributed by atoms with Gasteiger partial charge >= 0.3 is 0 Å². The van der Waals surface area contributed by atoms with Gasteiger partial charge < -0.3 is 9.88 Å². The quantitative estimate of drug-likeness (QED) is 0.931. The molecule has 3 nitrogen and oxygen atoms in total. The SMILES string of the molecule is CCC1(c2nc3c(F)cccc3n2C(C)C)CCNCC1. The summed E-state index contributed by atoms with van der Waals surface area (Å²) < 4.78 is 16.4. The Morgan fingerprint density at radius 2 is 2.05 bits per heavy atom. The van der Waals surface area contributed by atoms with E-state index in [1.54, 1.807) is 6.07 Å². The molecular weight excluding hydrogens is 265 g/mol. The van der Waals surface area contributed by atoms with Gasteiger partial charge in [-0.1, -0.05) is 13.0 Å². The molecule has 1 fully saturated rings. The first-order valence-corrected chi connectivity index (χ1v) is 7.97. The average molecular weight is 289 g/mol. The number of para-hydroxylation sites is 1. The fourth-order valence-electron chi connectivity index (χ4n) is 3.62. The standard InChI is InChI=1S/C17H24FN3/c1-4-17(8-10-19-11-9-17)16-20-15-13(18)6-5-7-14(15)21(16)12(2)3/h5-7,12,19H,4,8-11H2,1-3H3. The molecule has 0 aliphatic carbocycles. The van der Waals surface area contributed by atoms with E-state index in [1.807, 2.05) is 6.07 Å². The predicted octanol–water partition coefficient (Wildman–Crippen LogP) is 3.79. The van der Waals surface area contributed by atoms with Crippen LogP contribution < -0.4 is 5.32 Å². The lowest BCUT2D eigenvalue weighted by Gasteiger charge is -2.37. The van der Waals surface area contributed by atoms with E-state index in [9.17, 15) is 4.39 Å². The average Bonchev–Trinajstić information content (AvgIpc) is 2.89. The molecule has 21 heavy (non-hydrogen) atoms. The molecule has 1 aliphatic heterocycles. The smallest absolute Gasteiger partial charge is 0.151 e. The molecule has 0 atom stereocenters. The first-order chi connectivity index (χ1) is 10.1. The maximum atomic E-state index is 14.2. The number of rotatable bonds is 3. The lowest BCUT2D eigenvalue weighted by atomic mass is 9.75. The van der Waals surface area contributed by atoms with Gasteiger partial charge in [-0.25, -0.2) is 9.37 Å². The summed E-state index contributed by atoms with van der Waals surface area (Å²) in [6.07, 6.45) is 3.19. The molecule has 1 aromatic heterocycles. The monoisotopic (exact) mass is 289 g/mol. The zero-order valence-corrected chi connectivity index (χ0v) is 13.1. The van der Waals surface area contributed by atoms with E-state index in [0.29, 0.717) is 5.52 Å². The summed E-state index contributed by atoms with van der Waals surface area (Å²) in [5, 5.41) is 3.43. The van der Waals surface area contributed by atoms with Crippen LogP contribution in [0.4, 0.5) is 4.39 Å². The van der Waals surface area contributed by atoms with Crippen LogP contribution in [0, 0.1) is 5.82 Å². The van der Waals surface area contributed by atoms with Gasteiger partial charge in [-0.2, -0.15) is 0 Å². The molecule has 2 aromatic rings. The summed E-state index contributed by atoms with van der Waals surface area (Å²) in [5.74, 6) is 0.856. The fourth-order valence-corrected chi connectivity index (χ4v) is 3.62. The van der Waals surface area contributed by atoms with E-state index in [-0.39, 0.29) is 17.3 Å². The first kappa shape index (κ1) is 14.5. The summed E-state index contributed by atoms with van der Waals surface area (Å²) in [6, 6.07) is 5.55. The number of benzene rings is 1. The van der Waals surface area contributed by atoms with E-state index >= 15 is 0 Å². The molecule has 1 aliphatic rings. The summed E-state index contributed by atoms with van der Waals surface area (Å²) in [4.78, 5) is 4.76. The van der Waals surface area contributed by atoms with Gasteiger partial charge in [0, 0.05) is 11.5 Å². The number of nitrogens with zero attached hydrogens (tertiary/aromatic N) is 2. The lowest BCUT2D eigenvalue weighted by Crippen LogP contribution is -2.41. The third kappa shape index (κ3) is 2.26. The van der Waals surface area contributed by atoms with Gasteiger partial charge in [0.25, 0.3) is 0 Å². The van der Waals surface area contributed by atoms with E-state index in [0.717, 1.165) is 43.7 Å². The molecule has 4 heteroatoms. The molecule has 0 radical (unpaired) electrons. The second-order valence-electron chi connectivity index (χ2n) is 6.39. The Morgan fingerprint density at radius 3 is 2.67 bits per heavy atom. The van der Waals surface area contributed by atoms with Crippen LogP contribution in [0.15, 0.2) is 18.2 Å².